The maximum absolute atomic E-state index is 13.6. The van der Waals surface area contributed by atoms with E-state index in [9.17, 15) is 9.59 Å². The van der Waals surface area contributed by atoms with E-state index in [0.717, 1.165) is 29.6 Å². The molecule has 2 amide bonds. The van der Waals surface area contributed by atoms with Crippen LogP contribution in [0.1, 0.15) is 55.2 Å². The molecule has 8 heteroatoms. The Morgan fingerprint density at radius 1 is 1.00 bits per heavy atom. The Bertz CT molecular complexity index is 1180. The lowest BCUT2D eigenvalue weighted by Crippen LogP contribution is -2.46. The third kappa shape index (κ3) is 7.87. The van der Waals surface area contributed by atoms with E-state index in [1.165, 1.54) is 5.56 Å². The highest BCUT2D eigenvalue weighted by Crippen LogP contribution is 2.24. The van der Waals surface area contributed by atoms with Gasteiger partial charge in [0.15, 0.2) is 0 Å². The molecule has 0 N–H and O–H groups in total. The summed E-state index contributed by atoms with van der Waals surface area (Å²) >= 11 is 3.49. The summed E-state index contributed by atoms with van der Waals surface area (Å²) in [7, 11) is 3.09. The van der Waals surface area contributed by atoms with Gasteiger partial charge >= 0.3 is 0 Å². The summed E-state index contributed by atoms with van der Waals surface area (Å²) < 4.78 is 13.9. The second-order valence-electron chi connectivity index (χ2n) is 9.55. The molecule has 3 rings (SSSR count). The summed E-state index contributed by atoms with van der Waals surface area (Å²) in [5, 5.41) is 0. The lowest BCUT2D eigenvalue weighted by atomic mass is 10.1. The number of rotatable bonds is 13. The average molecular weight is 585 g/mol. The standard InChI is InChI=1S/C30H38BrN3O4/c1-6-7-14-33(20-26-9-8-15-32(26)19-23-10-12-25(31)13-11-23)29(35)21-34(22(2)3)30(36)24-16-27(37-4)18-28(17-24)38-5/h8-13,15-18,22H,6-7,14,19-21H2,1-5H3. The quantitative estimate of drug-likeness (QED) is 0.248. The molecule has 0 saturated heterocycles. The Morgan fingerprint density at radius 3 is 2.24 bits per heavy atom. The van der Waals surface area contributed by atoms with Gasteiger partial charge < -0.3 is 23.8 Å². The van der Waals surface area contributed by atoms with Gasteiger partial charge in [-0.1, -0.05) is 41.4 Å². The molecule has 0 radical (unpaired) electrons. The van der Waals surface area contributed by atoms with E-state index in [4.69, 9.17) is 9.47 Å². The molecule has 38 heavy (non-hydrogen) atoms. The number of nitrogens with zero attached hydrogens (tertiary/aromatic N) is 3. The van der Waals surface area contributed by atoms with Crippen molar-refractivity contribution in [1.29, 1.82) is 0 Å². The molecule has 0 spiro atoms. The van der Waals surface area contributed by atoms with Crippen molar-refractivity contribution in [2.45, 2.75) is 52.7 Å². The van der Waals surface area contributed by atoms with Crippen LogP contribution >= 0.6 is 15.9 Å². The summed E-state index contributed by atoms with van der Waals surface area (Å²) in [6.45, 7) is 7.78. The molecule has 0 unspecified atom stereocenters. The van der Waals surface area contributed by atoms with E-state index >= 15 is 0 Å². The molecular weight excluding hydrogens is 546 g/mol. The highest BCUT2D eigenvalue weighted by molar-refractivity contribution is 9.10. The summed E-state index contributed by atoms with van der Waals surface area (Å²) in [4.78, 5) is 30.7. The minimum absolute atomic E-state index is 0.00679. The molecule has 1 heterocycles. The van der Waals surface area contributed by atoms with E-state index in [0.29, 0.717) is 30.2 Å². The zero-order valence-electron chi connectivity index (χ0n) is 22.9. The Labute approximate surface area is 234 Å². The zero-order valence-corrected chi connectivity index (χ0v) is 24.5. The van der Waals surface area contributed by atoms with Crippen LogP contribution in [-0.4, -0.2) is 59.5 Å². The van der Waals surface area contributed by atoms with Crippen LogP contribution in [0.3, 0.4) is 0 Å². The van der Waals surface area contributed by atoms with Gasteiger partial charge in [0, 0.05) is 47.1 Å². The third-order valence-electron chi connectivity index (χ3n) is 6.47. The number of benzene rings is 2. The van der Waals surface area contributed by atoms with E-state index in [2.05, 4.69) is 45.6 Å². The molecule has 0 aliphatic rings. The molecular formula is C30H38BrN3O4. The fraction of sp³-hybridized carbons (Fsp3) is 0.400. The lowest BCUT2D eigenvalue weighted by Gasteiger charge is -2.30. The number of amides is 2. The van der Waals surface area contributed by atoms with Crippen LogP contribution in [0.2, 0.25) is 0 Å². The highest BCUT2D eigenvalue weighted by atomic mass is 79.9. The second kappa shape index (κ2) is 14.0. The molecule has 0 aliphatic carbocycles. The van der Waals surface area contributed by atoms with E-state index in [1.54, 1.807) is 37.3 Å². The maximum Gasteiger partial charge on any atom is 0.254 e. The number of halogens is 1. The first kappa shape index (κ1) is 29.3. The summed E-state index contributed by atoms with van der Waals surface area (Å²) in [6, 6.07) is 17.2. The first-order chi connectivity index (χ1) is 18.2. The Morgan fingerprint density at radius 2 is 1.66 bits per heavy atom. The topological polar surface area (TPSA) is 64.0 Å². The van der Waals surface area contributed by atoms with Crippen LogP contribution < -0.4 is 9.47 Å². The SMILES string of the molecule is CCCCN(Cc1cccn1Cc1ccc(Br)cc1)C(=O)CN(C(=O)c1cc(OC)cc(OC)c1)C(C)C. The molecule has 1 aromatic heterocycles. The van der Waals surface area contributed by atoms with Crippen LogP contribution in [0.25, 0.3) is 0 Å². The highest BCUT2D eigenvalue weighted by Gasteiger charge is 2.26. The van der Waals surface area contributed by atoms with Crippen molar-refractivity contribution < 1.29 is 19.1 Å². The minimum atomic E-state index is -0.236. The number of unbranched alkanes of at least 4 members (excludes halogenated alkanes) is 1. The van der Waals surface area contributed by atoms with Crippen molar-refractivity contribution in [2.24, 2.45) is 0 Å². The second-order valence-corrected chi connectivity index (χ2v) is 10.5. The minimum Gasteiger partial charge on any atom is -0.497 e. The normalized spacial score (nSPS) is 10.9. The van der Waals surface area contributed by atoms with Gasteiger partial charge in [0.25, 0.3) is 5.91 Å². The maximum atomic E-state index is 13.6. The monoisotopic (exact) mass is 583 g/mol. The number of aromatic nitrogens is 1. The first-order valence-electron chi connectivity index (χ1n) is 13.0. The van der Waals surface area contributed by atoms with E-state index < -0.39 is 0 Å². The molecule has 7 nitrogen and oxygen atoms in total. The number of carbonyl (C=O) groups is 2. The van der Waals surface area contributed by atoms with Crippen molar-refractivity contribution in [3.05, 3.63) is 82.1 Å². The fourth-order valence-electron chi connectivity index (χ4n) is 4.20. The summed E-state index contributed by atoms with van der Waals surface area (Å²) in [6.07, 6.45) is 3.90. The number of methoxy groups -OCH3 is 2. The number of ether oxygens (including phenoxy) is 2. The number of hydrogen-bond donors (Lipinski definition) is 0. The molecule has 204 valence electrons. The van der Waals surface area contributed by atoms with Crippen LogP contribution in [0, 0.1) is 0 Å². The van der Waals surface area contributed by atoms with Crippen LogP contribution in [-0.2, 0) is 17.9 Å². The van der Waals surface area contributed by atoms with Crippen LogP contribution in [0.15, 0.2) is 65.3 Å². The van der Waals surface area contributed by atoms with Crippen molar-refractivity contribution in [3.63, 3.8) is 0 Å². The molecule has 2 aromatic carbocycles. The summed E-state index contributed by atoms with van der Waals surface area (Å²) in [5.41, 5.74) is 2.66. The molecule has 0 atom stereocenters. The first-order valence-corrected chi connectivity index (χ1v) is 13.7. The lowest BCUT2D eigenvalue weighted by molar-refractivity contribution is -0.133. The third-order valence-corrected chi connectivity index (χ3v) is 6.99. The van der Waals surface area contributed by atoms with Gasteiger partial charge in [-0.15, -0.1) is 0 Å². The van der Waals surface area contributed by atoms with Gasteiger partial charge in [0.05, 0.1) is 20.8 Å². The smallest absolute Gasteiger partial charge is 0.254 e. The Hall–Kier alpha value is -3.26. The predicted octanol–water partition coefficient (Wildman–Crippen LogP) is 6.00. The van der Waals surface area contributed by atoms with Crippen molar-refractivity contribution in [2.75, 3.05) is 27.3 Å². The molecule has 0 bridgehead atoms. The van der Waals surface area contributed by atoms with Crippen molar-refractivity contribution >= 4 is 27.7 Å². The van der Waals surface area contributed by atoms with Gasteiger partial charge in [-0.2, -0.15) is 0 Å². The van der Waals surface area contributed by atoms with Crippen LogP contribution in [0.5, 0.6) is 11.5 Å². The Balaban J connectivity index is 1.79. The predicted molar refractivity (Wildman–Crippen MR) is 154 cm³/mol. The Kier molecular flexibility index (Phi) is 10.8. The number of carbonyl (C=O) groups excluding carboxylic acids is 2. The fourth-order valence-corrected chi connectivity index (χ4v) is 4.47. The van der Waals surface area contributed by atoms with Gasteiger partial charge in [0.2, 0.25) is 5.91 Å². The van der Waals surface area contributed by atoms with Gasteiger partial charge in [-0.25, -0.2) is 0 Å². The molecule has 0 aliphatic heterocycles. The van der Waals surface area contributed by atoms with Gasteiger partial charge in [-0.3, -0.25) is 9.59 Å². The largest absolute Gasteiger partial charge is 0.497 e. The molecule has 0 fully saturated rings. The van der Waals surface area contributed by atoms with Crippen LogP contribution in [0.4, 0.5) is 0 Å². The molecule has 3 aromatic rings. The van der Waals surface area contributed by atoms with Crippen molar-refractivity contribution in [3.8, 4) is 11.5 Å². The van der Waals surface area contributed by atoms with E-state index in [1.807, 2.05) is 43.1 Å². The molecule has 0 saturated carbocycles. The zero-order chi connectivity index (χ0) is 27.7. The van der Waals surface area contributed by atoms with Crippen molar-refractivity contribution in [1.82, 2.24) is 14.4 Å². The summed E-state index contributed by atoms with van der Waals surface area (Å²) in [5.74, 6) is 0.740. The average Bonchev–Trinajstić information content (AvgIpc) is 3.35. The van der Waals surface area contributed by atoms with Gasteiger partial charge in [-0.05, 0) is 62.2 Å². The van der Waals surface area contributed by atoms with Gasteiger partial charge in [0.1, 0.15) is 18.0 Å². The van der Waals surface area contributed by atoms with E-state index in [-0.39, 0.29) is 24.4 Å². The number of hydrogen-bond acceptors (Lipinski definition) is 4.